The number of nitrogens with one attached hydrogen (secondary N) is 1. The number of amides is 1. The molecule has 1 aliphatic rings. The molecule has 0 saturated carbocycles. The molecular weight excluding hydrogens is 404 g/mol. The number of nitro groups is 1. The minimum atomic E-state index is -0.612. The molecule has 0 aliphatic heterocycles. The molecule has 0 bridgehead atoms. The Morgan fingerprint density at radius 3 is 2.56 bits per heavy atom. The van der Waals surface area contributed by atoms with Gasteiger partial charge in [0, 0.05) is 12.1 Å². The Hall–Kier alpha value is -3.41. The number of anilines is 1. The van der Waals surface area contributed by atoms with Crippen LogP contribution in [0.1, 0.15) is 53.9 Å². The number of rotatable bonds is 7. The number of aromatic hydroxyl groups is 1. The summed E-state index contributed by atoms with van der Waals surface area (Å²) in [6.45, 7) is 10.6. The zero-order valence-corrected chi connectivity index (χ0v) is 19.4. The van der Waals surface area contributed by atoms with Crippen LogP contribution in [0.3, 0.4) is 0 Å². The number of non-ortho nitro benzene ring substituents is 1. The predicted molar refractivity (Wildman–Crippen MR) is 130 cm³/mol. The van der Waals surface area contributed by atoms with Gasteiger partial charge in [0.2, 0.25) is 5.91 Å². The lowest BCUT2D eigenvalue weighted by Crippen LogP contribution is -2.19. The number of hydrogen-bond acceptors (Lipinski definition) is 4. The molecule has 6 heteroatoms. The molecule has 6 nitrogen and oxygen atoms in total. The van der Waals surface area contributed by atoms with Gasteiger partial charge in [0.1, 0.15) is 5.75 Å². The first kappa shape index (κ1) is 24.9. The van der Waals surface area contributed by atoms with E-state index >= 15 is 0 Å². The highest BCUT2D eigenvalue weighted by atomic mass is 16.6. The second-order valence-corrected chi connectivity index (χ2v) is 8.87. The smallest absolute Gasteiger partial charge is 0.273 e. The fourth-order valence-electron chi connectivity index (χ4n) is 3.80. The highest BCUT2D eigenvalue weighted by Gasteiger charge is 2.26. The third-order valence-corrected chi connectivity index (χ3v) is 5.58. The lowest BCUT2D eigenvalue weighted by atomic mass is 9.72. The first-order chi connectivity index (χ1) is 15.0. The van der Waals surface area contributed by atoms with Crippen LogP contribution in [0.5, 0.6) is 5.75 Å². The number of nitro benzene ring substituents is 1. The second kappa shape index (κ2) is 10.8. The van der Waals surface area contributed by atoms with Gasteiger partial charge in [-0.2, -0.15) is 0 Å². The minimum absolute atomic E-state index is 0.116. The maximum Gasteiger partial charge on any atom is 0.273 e. The zero-order valence-electron chi connectivity index (χ0n) is 19.4. The third-order valence-electron chi connectivity index (χ3n) is 5.58. The van der Waals surface area contributed by atoms with Crippen LogP contribution in [0.15, 0.2) is 76.9 Å². The molecule has 0 heterocycles. The summed E-state index contributed by atoms with van der Waals surface area (Å²) in [7, 11) is 0. The predicted octanol–water partition coefficient (Wildman–Crippen LogP) is 6.77. The molecule has 2 rings (SSSR count). The second-order valence-electron chi connectivity index (χ2n) is 8.87. The number of nitrogens with zero attached hydrogens (tertiary/aromatic N) is 1. The molecule has 0 spiro atoms. The number of carbonyl (C=O) groups is 1. The largest absolute Gasteiger partial charge is 0.506 e. The molecular formula is C26H32N2O4. The number of phenols is 1. The van der Waals surface area contributed by atoms with Gasteiger partial charge in [0.25, 0.3) is 5.69 Å². The Morgan fingerprint density at radius 1 is 1.22 bits per heavy atom. The number of hydrogen-bond donors (Lipinski definition) is 2. The van der Waals surface area contributed by atoms with E-state index in [4.69, 9.17) is 0 Å². The average Bonchev–Trinajstić information content (AvgIpc) is 2.68. The summed E-state index contributed by atoms with van der Waals surface area (Å²) in [4.78, 5) is 22.3. The van der Waals surface area contributed by atoms with Crippen LogP contribution in [0.2, 0.25) is 0 Å². The number of benzene rings is 1. The highest BCUT2D eigenvalue weighted by molar-refractivity contribution is 6.01. The lowest BCUT2D eigenvalue weighted by Gasteiger charge is -2.32. The Balaban J connectivity index is 1.99. The van der Waals surface area contributed by atoms with Gasteiger partial charge in [-0.1, -0.05) is 55.4 Å². The quantitative estimate of drug-likeness (QED) is 0.162. The standard InChI is InChI=1S/C26H32N2O4/c1-18(11-13-22-20(3)10-7-15-26(22,4)5)8-6-9-19(2)16-25(30)27-23-14-12-21(28(31)32)17-24(23)29/h6,8-9,11-14,16-17,29H,7,10,15H2,1-5H3,(H,27,30). The fourth-order valence-corrected chi connectivity index (χ4v) is 3.80. The summed E-state index contributed by atoms with van der Waals surface area (Å²) < 4.78 is 0. The average molecular weight is 437 g/mol. The van der Waals surface area contributed by atoms with E-state index in [1.54, 1.807) is 6.92 Å². The lowest BCUT2D eigenvalue weighted by molar-refractivity contribution is -0.384. The molecule has 0 fully saturated rings. The third kappa shape index (κ3) is 7.08. The Morgan fingerprint density at radius 2 is 1.94 bits per heavy atom. The molecule has 1 aliphatic carbocycles. The van der Waals surface area contributed by atoms with E-state index in [0.717, 1.165) is 23.6 Å². The monoisotopic (exact) mass is 436 g/mol. The summed E-state index contributed by atoms with van der Waals surface area (Å²) in [5.41, 5.74) is 4.79. The zero-order chi connectivity index (χ0) is 23.9. The van der Waals surface area contributed by atoms with Crippen LogP contribution in [-0.4, -0.2) is 15.9 Å². The van der Waals surface area contributed by atoms with Crippen LogP contribution in [0.4, 0.5) is 11.4 Å². The van der Waals surface area contributed by atoms with Gasteiger partial charge >= 0.3 is 0 Å². The van der Waals surface area contributed by atoms with E-state index in [-0.39, 0.29) is 22.5 Å². The molecule has 1 aromatic carbocycles. The molecule has 0 radical (unpaired) electrons. The Bertz CT molecular complexity index is 1040. The van der Waals surface area contributed by atoms with Crippen LogP contribution >= 0.6 is 0 Å². The van der Waals surface area contributed by atoms with Crippen molar-refractivity contribution in [2.24, 2.45) is 5.41 Å². The van der Waals surface area contributed by atoms with Crippen molar-refractivity contribution in [3.05, 3.63) is 87.1 Å². The van der Waals surface area contributed by atoms with E-state index in [0.29, 0.717) is 0 Å². The van der Waals surface area contributed by atoms with Crippen LogP contribution in [0.25, 0.3) is 0 Å². The number of allylic oxidation sites excluding steroid dienone is 9. The van der Waals surface area contributed by atoms with Gasteiger partial charge in [-0.05, 0) is 62.7 Å². The maximum atomic E-state index is 12.2. The van der Waals surface area contributed by atoms with Gasteiger partial charge in [-0.25, -0.2) is 0 Å². The summed E-state index contributed by atoms with van der Waals surface area (Å²) in [6, 6.07) is 3.52. The van der Waals surface area contributed by atoms with E-state index in [1.807, 2.05) is 25.2 Å². The summed E-state index contributed by atoms with van der Waals surface area (Å²) in [5, 5.41) is 23.1. The summed E-state index contributed by atoms with van der Waals surface area (Å²) in [6.07, 6.45) is 15.1. The topological polar surface area (TPSA) is 92.5 Å². The Labute approximate surface area is 189 Å². The first-order valence-electron chi connectivity index (χ1n) is 10.7. The van der Waals surface area contributed by atoms with Crippen LogP contribution < -0.4 is 5.32 Å². The van der Waals surface area contributed by atoms with E-state index in [1.165, 1.54) is 42.2 Å². The van der Waals surface area contributed by atoms with E-state index in [9.17, 15) is 20.0 Å². The summed E-state index contributed by atoms with van der Waals surface area (Å²) >= 11 is 0. The number of carbonyl (C=O) groups excluding carboxylic acids is 1. The van der Waals surface area contributed by atoms with Crippen molar-refractivity contribution >= 4 is 17.3 Å². The molecule has 0 unspecified atom stereocenters. The SMILES string of the molecule is CC(C=CC1=C(C)CCCC1(C)C)=CC=CC(C)=CC(=O)Nc1ccc([N+](=O)[O-])cc1O. The van der Waals surface area contributed by atoms with Crippen molar-refractivity contribution in [1.82, 2.24) is 0 Å². The van der Waals surface area contributed by atoms with Gasteiger partial charge < -0.3 is 10.4 Å². The molecule has 1 amide bonds. The molecule has 0 aromatic heterocycles. The Kier molecular flexibility index (Phi) is 8.35. The van der Waals surface area contributed by atoms with Gasteiger partial charge in [0.15, 0.2) is 0 Å². The van der Waals surface area contributed by atoms with Gasteiger partial charge in [-0.15, -0.1) is 0 Å². The van der Waals surface area contributed by atoms with E-state index in [2.05, 4.69) is 38.2 Å². The molecule has 0 atom stereocenters. The maximum absolute atomic E-state index is 12.2. The van der Waals surface area contributed by atoms with Crippen LogP contribution in [-0.2, 0) is 4.79 Å². The molecule has 2 N–H and O–H groups in total. The first-order valence-corrected chi connectivity index (χ1v) is 10.7. The van der Waals surface area contributed by atoms with Crippen molar-refractivity contribution in [3.63, 3.8) is 0 Å². The summed E-state index contributed by atoms with van der Waals surface area (Å²) in [5.74, 6) is -0.787. The molecule has 170 valence electrons. The minimum Gasteiger partial charge on any atom is -0.506 e. The van der Waals surface area contributed by atoms with Crippen molar-refractivity contribution in [2.45, 2.75) is 53.9 Å². The molecule has 1 aromatic rings. The fraction of sp³-hybridized carbons (Fsp3) is 0.346. The van der Waals surface area contributed by atoms with Gasteiger partial charge in [0.05, 0.1) is 16.7 Å². The van der Waals surface area contributed by atoms with Crippen molar-refractivity contribution in [3.8, 4) is 5.75 Å². The van der Waals surface area contributed by atoms with Crippen molar-refractivity contribution < 1.29 is 14.8 Å². The number of phenolic OH excluding ortho intramolecular Hbond substituents is 1. The van der Waals surface area contributed by atoms with Crippen molar-refractivity contribution in [1.29, 1.82) is 0 Å². The van der Waals surface area contributed by atoms with E-state index < -0.39 is 10.8 Å². The highest BCUT2D eigenvalue weighted by Crippen LogP contribution is 2.40. The van der Waals surface area contributed by atoms with Gasteiger partial charge in [-0.3, -0.25) is 14.9 Å². The normalized spacial score (nSPS) is 17.3. The van der Waals surface area contributed by atoms with Crippen LogP contribution in [0, 0.1) is 15.5 Å². The molecule has 0 saturated heterocycles. The molecule has 32 heavy (non-hydrogen) atoms. The van der Waals surface area contributed by atoms with Crippen molar-refractivity contribution in [2.75, 3.05) is 5.32 Å².